The van der Waals surface area contributed by atoms with Crippen molar-refractivity contribution in [3.05, 3.63) is 30.0 Å². The fourth-order valence-corrected chi connectivity index (χ4v) is 2.52. The molecule has 0 bridgehead atoms. The normalized spacial score (nSPS) is 11.4. The molecule has 0 aliphatic heterocycles. The van der Waals surface area contributed by atoms with Gasteiger partial charge in [0, 0.05) is 25.4 Å². The van der Waals surface area contributed by atoms with Crippen LogP contribution in [0.3, 0.4) is 0 Å². The Balaban J connectivity index is 2.03. The molecular formula is C16H23N3O. The third-order valence-corrected chi connectivity index (χ3v) is 3.80. The number of para-hydroxylation sites is 1. The summed E-state index contributed by atoms with van der Waals surface area (Å²) in [6, 6.07) is 8.06. The molecule has 0 aliphatic carbocycles. The lowest BCUT2D eigenvalue weighted by molar-refractivity contribution is -0.118. The first-order valence-corrected chi connectivity index (χ1v) is 7.30. The molecule has 0 amide bonds. The van der Waals surface area contributed by atoms with E-state index in [9.17, 15) is 4.79 Å². The van der Waals surface area contributed by atoms with E-state index in [1.807, 2.05) is 36.0 Å². The number of Topliss-reactive ketones (excluding diaryl/α,β-unsaturated/α-hetero) is 1. The number of hydrogen-bond acceptors (Lipinski definition) is 3. The smallest absolute Gasteiger partial charge is 0.140 e. The topological polar surface area (TPSA) is 38.1 Å². The van der Waals surface area contributed by atoms with Crippen LogP contribution in [0.5, 0.6) is 0 Å². The summed E-state index contributed by atoms with van der Waals surface area (Å²) >= 11 is 0. The molecule has 4 heteroatoms. The van der Waals surface area contributed by atoms with Crippen molar-refractivity contribution in [2.75, 3.05) is 19.6 Å². The number of aryl methyl sites for hydroxylation is 1. The van der Waals surface area contributed by atoms with E-state index < -0.39 is 0 Å². The summed E-state index contributed by atoms with van der Waals surface area (Å²) in [7, 11) is 1.92. The molecule has 1 aromatic carbocycles. The number of ketones is 1. The van der Waals surface area contributed by atoms with Gasteiger partial charge in [-0.1, -0.05) is 32.0 Å². The molecule has 0 aliphatic rings. The van der Waals surface area contributed by atoms with Gasteiger partial charge in [0.1, 0.15) is 5.78 Å². The van der Waals surface area contributed by atoms with E-state index in [2.05, 4.69) is 23.8 Å². The molecule has 4 nitrogen and oxygen atoms in total. The second-order valence-electron chi connectivity index (χ2n) is 5.08. The van der Waals surface area contributed by atoms with Crippen LogP contribution >= 0.6 is 0 Å². The number of hydrogen-bond donors (Lipinski definition) is 0. The van der Waals surface area contributed by atoms with Gasteiger partial charge in [0.2, 0.25) is 0 Å². The van der Waals surface area contributed by atoms with Gasteiger partial charge in [0.15, 0.2) is 0 Å². The van der Waals surface area contributed by atoms with E-state index in [0.717, 1.165) is 36.2 Å². The van der Waals surface area contributed by atoms with Crippen molar-refractivity contribution >= 4 is 16.7 Å². The Morgan fingerprint density at radius 1 is 1.25 bits per heavy atom. The van der Waals surface area contributed by atoms with Gasteiger partial charge in [-0.2, -0.15) is 5.10 Å². The lowest BCUT2D eigenvalue weighted by Gasteiger charge is -2.16. The molecule has 0 N–H and O–H groups in total. The molecule has 0 radical (unpaired) electrons. The van der Waals surface area contributed by atoms with E-state index in [1.54, 1.807) is 0 Å². The molecule has 0 saturated heterocycles. The van der Waals surface area contributed by atoms with Crippen molar-refractivity contribution in [3.8, 4) is 0 Å². The fraction of sp³-hybridized carbons (Fsp3) is 0.500. The maximum Gasteiger partial charge on any atom is 0.140 e. The lowest BCUT2D eigenvalue weighted by atomic mass is 10.1. The van der Waals surface area contributed by atoms with Crippen LogP contribution in [0.4, 0.5) is 0 Å². The van der Waals surface area contributed by atoms with Gasteiger partial charge in [-0.3, -0.25) is 9.48 Å². The molecule has 0 spiro atoms. The summed E-state index contributed by atoms with van der Waals surface area (Å²) < 4.78 is 1.85. The number of nitrogens with zero attached hydrogens (tertiary/aromatic N) is 3. The van der Waals surface area contributed by atoms with Gasteiger partial charge in [-0.25, -0.2) is 0 Å². The molecule has 2 rings (SSSR count). The fourth-order valence-electron chi connectivity index (χ4n) is 2.52. The van der Waals surface area contributed by atoms with Gasteiger partial charge in [-0.15, -0.1) is 0 Å². The number of rotatable bonds is 7. The molecule has 0 saturated carbocycles. The standard InChI is InChI=1S/C16H23N3O/c1-4-19(5-2)11-10-13(20)12-15-14-8-6-7-9-16(14)18(3)17-15/h6-9H,4-5,10-12H2,1-3H3. The van der Waals surface area contributed by atoms with Crippen LogP contribution in [-0.4, -0.2) is 40.1 Å². The maximum absolute atomic E-state index is 12.1. The van der Waals surface area contributed by atoms with Gasteiger partial charge < -0.3 is 4.90 Å². The van der Waals surface area contributed by atoms with Gasteiger partial charge in [-0.05, 0) is 19.2 Å². The van der Waals surface area contributed by atoms with E-state index in [1.165, 1.54) is 0 Å². The Labute approximate surface area is 120 Å². The zero-order valence-electron chi connectivity index (χ0n) is 12.6. The summed E-state index contributed by atoms with van der Waals surface area (Å²) in [6.45, 7) is 7.09. The van der Waals surface area contributed by atoms with Gasteiger partial charge in [0.05, 0.1) is 17.6 Å². The highest BCUT2D eigenvalue weighted by molar-refractivity contribution is 5.88. The number of benzene rings is 1. The van der Waals surface area contributed by atoms with Gasteiger partial charge >= 0.3 is 0 Å². The van der Waals surface area contributed by atoms with Crippen molar-refractivity contribution in [2.45, 2.75) is 26.7 Å². The van der Waals surface area contributed by atoms with E-state index in [4.69, 9.17) is 0 Å². The summed E-state index contributed by atoms with van der Waals surface area (Å²) in [4.78, 5) is 14.4. The van der Waals surface area contributed by atoms with E-state index in [-0.39, 0.29) is 5.78 Å². The lowest BCUT2D eigenvalue weighted by Crippen LogP contribution is -2.26. The Morgan fingerprint density at radius 2 is 1.95 bits per heavy atom. The molecule has 2 aromatic rings. The Morgan fingerprint density at radius 3 is 2.65 bits per heavy atom. The quantitative estimate of drug-likeness (QED) is 0.777. The van der Waals surface area contributed by atoms with Crippen LogP contribution in [0, 0.1) is 0 Å². The average molecular weight is 273 g/mol. The maximum atomic E-state index is 12.1. The molecule has 0 fully saturated rings. The number of carbonyl (C=O) groups excluding carboxylic acids is 1. The summed E-state index contributed by atoms with van der Waals surface area (Å²) in [5.74, 6) is 0.265. The Kier molecular flexibility index (Phi) is 4.90. The highest BCUT2D eigenvalue weighted by Gasteiger charge is 2.12. The van der Waals surface area contributed by atoms with Crippen molar-refractivity contribution in [1.29, 1.82) is 0 Å². The van der Waals surface area contributed by atoms with Crippen LogP contribution in [0.15, 0.2) is 24.3 Å². The predicted molar refractivity (Wildman–Crippen MR) is 81.8 cm³/mol. The first kappa shape index (κ1) is 14.7. The highest BCUT2D eigenvalue weighted by atomic mass is 16.1. The van der Waals surface area contributed by atoms with E-state index in [0.29, 0.717) is 12.8 Å². The Hall–Kier alpha value is -1.68. The summed E-state index contributed by atoms with van der Waals surface area (Å²) in [5.41, 5.74) is 1.98. The first-order chi connectivity index (χ1) is 9.65. The number of fused-ring (bicyclic) bond motifs is 1. The van der Waals surface area contributed by atoms with Crippen LogP contribution in [0.25, 0.3) is 10.9 Å². The minimum absolute atomic E-state index is 0.265. The molecular weight excluding hydrogens is 250 g/mol. The largest absolute Gasteiger partial charge is 0.303 e. The molecule has 0 unspecified atom stereocenters. The number of aromatic nitrogens is 2. The minimum Gasteiger partial charge on any atom is -0.303 e. The van der Waals surface area contributed by atoms with Crippen molar-refractivity contribution in [2.24, 2.45) is 7.05 Å². The van der Waals surface area contributed by atoms with Crippen LogP contribution in [0.2, 0.25) is 0 Å². The predicted octanol–water partition coefficient (Wildman–Crippen LogP) is 2.42. The van der Waals surface area contributed by atoms with Crippen LogP contribution in [-0.2, 0) is 18.3 Å². The second kappa shape index (κ2) is 6.66. The molecule has 108 valence electrons. The summed E-state index contributed by atoms with van der Waals surface area (Å²) in [6.07, 6.45) is 1.04. The molecule has 1 heterocycles. The SMILES string of the molecule is CCN(CC)CCC(=O)Cc1nn(C)c2ccccc12. The van der Waals surface area contributed by atoms with Crippen LogP contribution < -0.4 is 0 Å². The monoisotopic (exact) mass is 273 g/mol. The Bertz CT molecular complexity index is 584. The molecule has 20 heavy (non-hydrogen) atoms. The van der Waals surface area contributed by atoms with Crippen LogP contribution in [0.1, 0.15) is 26.0 Å². The van der Waals surface area contributed by atoms with Crippen molar-refractivity contribution in [1.82, 2.24) is 14.7 Å². The zero-order chi connectivity index (χ0) is 14.5. The molecule has 1 aromatic heterocycles. The third kappa shape index (κ3) is 3.25. The number of carbonyl (C=O) groups is 1. The van der Waals surface area contributed by atoms with Crippen molar-refractivity contribution in [3.63, 3.8) is 0 Å². The van der Waals surface area contributed by atoms with E-state index >= 15 is 0 Å². The minimum atomic E-state index is 0.265. The zero-order valence-corrected chi connectivity index (χ0v) is 12.6. The van der Waals surface area contributed by atoms with Gasteiger partial charge in [0.25, 0.3) is 0 Å². The van der Waals surface area contributed by atoms with Crippen molar-refractivity contribution < 1.29 is 4.79 Å². The second-order valence-corrected chi connectivity index (χ2v) is 5.08. The first-order valence-electron chi connectivity index (χ1n) is 7.30. The third-order valence-electron chi connectivity index (χ3n) is 3.80. The highest BCUT2D eigenvalue weighted by Crippen LogP contribution is 2.18. The average Bonchev–Trinajstić information content (AvgIpc) is 2.77. The summed E-state index contributed by atoms with van der Waals surface area (Å²) in [5, 5.41) is 5.57. The molecule has 0 atom stereocenters.